The molecule has 0 aliphatic heterocycles. The standard InChI is InChI=1S/C18H22N2OS2/c1-13-7-5-6-10-15(13)19-17(21)12-23-18-20-16(11-22-18)14-8-3-2-4-9-14/h2-4,8-9,11,13,15H,5-7,10,12H2,1H3,(H,19,21). The maximum atomic E-state index is 12.2. The van der Waals surface area contributed by atoms with E-state index in [9.17, 15) is 4.79 Å². The van der Waals surface area contributed by atoms with Crippen LogP contribution in [0.3, 0.4) is 0 Å². The van der Waals surface area contributed by atoms with Gasteiger partial charge in [-0.1, -0.05) is 61.9 Å². The fraction of sp³-hybridized carbons (Fsp3) is 0.444. The molecule has 1 amide bonds. The number of thioether (sulfide) groups is 1. The molecule has 0 spiro atoms. The molecule has 3 nitrogen and oxygen atoms in total. The third-order valence-electron chi connectivity index (χ3n) is 4.34. The summed E-state index contributed by atoms with van der Waals surface area (Å²) in [5.74, 6) is 1.18. The molecule has 0 saturated heterocycles. The van der Waals surface area contributed by atoms with E-state index in [1.165, 1.54) is 31.0 Å². The van der Waals surface area contributed by atoms with E-state index in [2.05, 4.69) is 34.7 Å². The van der Waals surface area contributed by atoms with Crippen LogP contribution in [0.4, 0.5) is 0 Å². The Morgan fingerprint density at radius 3 is 2.87 bits per heavy atom. The number of carbonyl (C=O) groups is 1. The minimum absolute atomic E-state index is 0.130. The number of nitrogens with zero attached hydrogens (tertiary/aromatic N) is 1. The Labute approximate surface area is 145 Å². The average Bonchev–Trinajstić information content (AvgIpc) is 3.05. The first-order valence-corrected chi connectivity index (χ1v) is 10.0. The maximum absolute atomic E-state index is 12.2. The van der Waals surface area contributed by atoms with Gasteiger partial charge < -0.3 is 5.32 Å². The molecule has 1 heterocycles. The van der Waals surface area contributed by atoms with Crippen molar-refractivity contribution in [3.8, 4) is 11.3 Å². The third kappa shape index (κ3) is 4.58. The van der Waals surface area contributed by atoms with Crippen LogP contribution in [-0.2, 0) is 4.79 Å². The highest BCUT2D eigenvalue weighted by Gasteiger charge is 2.22. The molecule has 1 aromatic heterocycles. The number of aromatic nitrogens is 1. The van der Waals surface area contributed by atoms with Gasteiger partial charge in [-0.05, 0) is 18.8 Å². The van der Waals surface area contributed by atoms with Crippen LogP contribution in [0.2, 0.25) is 0 Å². The van der Waals surface area contributed by atoms with Crippen LogP contribution < -0.4 is 5.32 Å². The van der Waals surface area contributed by atoms with Gasteiger partial charge in [0.05, 0.1) is 11.4 Å². The maximum Gasteiger partial charge on any atom is 0.230 e. The minimum Gasteiger partial charge on any atom is -0.352 e. The second kappa shape index (κ2) is 7.97. The summed E-state index contributed by atoms with van der Waals surface area (Å²) in [4.78, 5) is 16.8. The molecule has 1 fully saturated rings. The Kier molecular flexibility index (Phi) is 5.73. The van der Waals surface area contributed by atoms with Gasteiger partial charge in [-0.25, -0.2) is 4.98 Å². The summed E-state index contributed by atoms with van der Waals surface area (Å²) in [6.07, 6.45) is 4.87. The number of hydrogen-bond acceptors (Lipinski definition) is 4. The summed E-state index contributed by atoms with van der Waals surface area (Å²) >= 11 is 3.13. The highest BCUT2D eigenvalue weighted by molar-refractivity contribution is 8.01. The van der Waals surface area contributed by atoms with E-state index in [0.29, 0.717) is 17.7 Å². The summed E-state index contributed by atoms with van der Waals surface area (Å²) in [6.45, 7) is 2.24. The van der Waals surface area contributed by atoms with Gasteiger partial charge in [0, 0.05) is 17.0 Å². The molecule has 23 heavy (non-hydrogen) atoms. The van der Waals surface area contributed by atoms with Crippen molar-refractivity contribution in [1.29, 1.82) is 0 Å². The molecule has 1 N–H and O–H groups in total. The Balaban J connectivity index is 1.50. The number of thiazole rings is 1. The second-order valence-corrected chi connectivity index (χ2v) is 8.17. The average molecular weight is 347 g/mol. The van der Waals surface area contributed by atoms with Crippen molar-refractivity contribution in [2.75, 3.05) is 5.75 Å². The van der Waals surface area contributed by atoms with E-state index in [1.807, 2.05) is 18.2 Å². The normalized spacial score (nSPS) is 21.1. The quantitative estimate of drug-likeness (QED) is 0.805. The zero-order valence-corrected chi connectivity index (χ0v) is 15.0. The zero-order chi connectivity index (χ0) is 16.1. The topological polar surface area (TPSA) is 42.0 Å². The summed E-state index contributed by atoms with van der Waals surface area (Å²) in [5, 5.41) is 5.25. The smallest absolute Gasteiger partial charge is 0.230 e. The molecule has 2 aromatic rings. The van der Waals surface area contributed by atoms with Crippen LogP contribution in [0, 0.1) is 5.92 Å². The van der Waals surface area contributed by atoms with Crippen molar-refractivity contribution in [2.24, 2.45) is 5.92 Å². The van der Waals surface area contributed by atoms with Crippen molar-refractivity contribution in [3.63, 3.8) is 0 Å². The molecule has 0 radical (unpaired) electrons. The van der Waals surface area contributed by atoms with Gasteiger partial charge in [-0.3, -0.25) is 4.79 Å². The largest absolute Gasteiger partial charge is 0.352 e. The number of nitrogens with one attached hydrogen (secondary N) is 1. The van der Waals surface area contributed by atoms with Crippen molar-refractivity contribution in [1.82, 2.24) is 10.3 Å². The Morgan fingerprint density at radius 2 is 2.09 bits per heavy atom. The van der Waals surface area contributed by atoms with E-state index < -0.39 is 0 Å². The first kappa shape index (κ1) is 16.5. The number of benzene rings is 1. The van der Waals surface area contributed by atoms with Crippen molar-refractivity contribution in [2.45, 2.75) is 43.0 Å². The van der Waals surface area contributed by atoms with Gasteiger partial charge in [0.25, 0.3) is 0 Å². The van der Waals surface area contributed by atoms with Gasteiger partial charge in [-0.2, -0.15) is 0 Å². The first-order valence-electron chi connectivity index (χ1n) is 8.15. The van der Waals surface area contributed by atoms with Crippen LogP contribution in [0.1, 0.15) is 32.6 Å². The summed E-state index contributed by atoms with van der Waals surface area (Å²) in [5.41, 5.74) is 2.11. The lowest BCUT2D eigenvalue weighted by Gasteiger charge is -2.29. The van der Waals surface area contributed by atoms with E-state index in [4.69, 9.17) is 0 Å². The lowest BCUT2D eigenvalue weighted by Crippen LogP contribution is -2.41. The van der Waals surface area contributed by atoms with Gasteiger partial charge in [0.2, 0.25) is 5.91 Å². The minimum atomic E-state index is 0.130. The number of carbonyl (C=O) groups excluding carboxylic acids is 1. The Morgan fingerprint density at radius 1 is 1.30 bits per heavy atom. The monoisotopic (exact) mass is 346 g/mol. The van der Waals surface area contributed by atoms with E-state index >= 15 is 0 Å². The fourth-order valence-corrected chi connectivity index (χ4v) is 4.62. The molecule has 1 aliphatic rings. The first-order chi connectivity index (χ1) is 11.2. The number of amides is 1. The molecule has 1 aliphatic carbocycles. The highest BCUT2D eigenvalue weighted by Crippen LogP contribution is 2.28. The lowest BCUT2D eigenvalue weighted by atomic mass is 9.86. The molecule has 122 valence electrons. The van der Waals surface area contributed by atoms with Gasteiger partial charge in [0.15, 0.2) is 4.34 Å². The van der Waals surface area contributed by atoms with Crippen molar-refractivity contribution < 1.29 is 4.79 Å². The number of hydrogen-bond donors (Lipinski definition) is 1. The van der Waals surface area contributed by atoms with Crippen LogP contribution in [-0.4, -0.2) is 22.7 Å². The van der Waals surface area contributed by atoms with E-state index in [1.54, 1.807) is 11.3 Å². The van der Waals surface area contributed by atoms with Gasteiger partial charge in [-0.15, -0.1) is 11.3 Å². The molecule has 0 bridgehead atoms. The van der Waals surface area contributed by atoms with Gasteiger partial charge >= 0.3 is 0 Å². The Bertz CT molecular complexity index is 641. The van der Waals surface area contributed by atoms with E-state index in [-0.39, 0.29) is 5.91 Å². The summed E-state index contributed by atoms with van der Waals surface area (Å²) < 4.78 is 0.954. The lowest BCUT2D eigenvalue weighted by molar-refractivity contribution is -0.119. The molecule has 1 aromatic carbocycles. The summed E-state index contributed by atoms with van der Waals surface area (Å²) in [7, 11) is 0. The van der Waals surface area contributed by atoms with Crippen molar-refractivity contribution >= 4 is 29.0 Å². The second-order valence-electron chi connectivity index (χ2n) is 6.09. The SMILES string of the molecule is CC1CCCCC1NC(=O)CSc1nc(-c2ccccc2)cs1. The van der Waals surface area contributed by atoms with Crippen LogP contribution >= 0.6 is 23.1 Å². The Hall–Kier alpha value is -1.33. The molecule has 1 saturated carbocycles. The van der Waals surface area contributed by atoms with Crippen molar-refractivity contribution in [3.05, 3.63) is 35.7 Å². The van der Waals surface area contributed by atoms with Crippen LogP contribution in [0.15, 0.2) is 40.1 Å². The third-order valence-corrected chi connectivity index (χ3v) is 6.36. The molecular weight excluding hydrogens is 324 g/mol. The van der Waals surface area contributed by atoms with Gasteiger partial charge in [0.1, 0.15) is 0 Å². The summed E-state index contributed by atoms with van der Waals surface area (Å²) in [6, 6.07) is 10.5. The highest BCUT2D eigenvalue weighted by atomic mass is 32.2. The fourth-order valence-electron chi connectivity index (χ4n) is 2.97. The van der Waals surface area contributed by atoms with E-state index in [0.717, 1.165) is 22.0 Å². The molecule has 5 heteroatoms. The molecule has 2 atom stereocenters. The predicted molar refractivity (Wildman–Crippen MR) is 97.8 cm³/mol. The molecule has 3 rings (SSSR count). The van der Waals surface area contributed by atoms with Crippen LogP contribution in [0.5, 0.6) is 0 Å². The zero-order valence-electron chi connectivity index (χ0n) is 13.3. The van der Waals surface area contributed by atoms with Crippen LogP contribution in [0.25, 0.3) is 11.3 Å². The predicted octanol–water partition coefficient (Wildman–Crippen LogP) is 4.60. The molecule has 2 unspecified atom stereocenters. The number of rotatable bonds is 5. The molecular formula is C18H22N2OS2.